The van der Waals surface area contributed by atoms with Gasteiger partial charge in [-0.05, 0) is 41.1 Å². The Morgan fingerprint density at radius 2 is 2.50 bits per heavy atom. The minimum absolute atomic E-state index is 0.821. The smallest absolute Gasteiger partial charge is 0.00583 e. The summed E-state index contributed by atoms with van der Waals surface area (Å²) in [4.78, 5) is 0. The Morgan fingerprint density at radius 1 is 1.62 bits per heavy atom. The topological polar surface area (TPSA) is 0 Å². The SMILES string of the molecule is [CH]1CC1c1ccsc1. The van der Waals surface area contributed by atoms with Gasteiger partial charge in [0.2, 0.25) is 0 Å². The molecule has 0 bridgehead atoms. The van der Waals surface area contributed by atoms with Crippen LogP contribution in [-0.4, -0.2) is 0 Å². The Labute approximate surface area is 53.2 Å². The number of hydrogen-bond donors (Lipinski definition) is 0. The Hall–Kier alpha value is -0.300. The highest BCUT2D eigenvalue weighted by Crippen LogP contribution is 2.39. The summed E-state index contributed by atoms with van der Waals surface area (Å²) >= 11 is 1.79. The number of hydrogen-bond acceptors (Lipinski definition) is 1. The Balaban J connectivity index is 2.28. The summed E-state index contributed by atoms with van der Waals surface area (Å²) in [5, 5.41) is 4.37. The highest BCUT2D eigenvalue weighted by Gasteiger charge is 2.23. The monoisotopic (exact) mass is 123 g/mol. The van der Waals surface area contributed by atoms with Crippen molar-refractivity contribution in [2.75, 3.05) is 0 Å². The maximum atomic E-state index is 2.34. The van der Waals surface area contributed by atoms with Gasteiger partial charge in [0, 0.05) is 0 Å². The van der Waals surface area contributed by atoms with Gasteiger partial charge in [0.1, 0.15) is 0 Å². The van der Waals surface area contributed by atoms with E-state index in [1.807, 2.05) is 0 Å². The Morgan fingerprint density at radius 3 is 3.00 bits per heavy atom. The van der Waals surface area contributed by atoms with E-state index in [-0.39, 0.29) is 0 Å². The van der Waals surface area contributed by atoms with E-state index in [4.69, 9.17) is 0 Å². The van der Waals surface area contributed by atoms with Crippen LogP contribution in [0, 0.1) is 6.42 Å². The van der Waals surface area contributed by atoms with Gasteiger partial charge >= 0.3 is 0 Å². The zero-order chi connectivity index (χ0) is 5.40. The molecule has 2 rings (SSSR count). The second kappa shape index (κ2) is 1.59. The fourth-order valence-corrected chi connectivity index (χ4v) is 1.55. The van der Waals surface area contributed by atoms with Gasteiger partial charge in [0.15, 0.2) is 0 Å². The molecule has 1 aliphatic carbocycles. The van der Waals surface area contributed by atoms with Crippen LogP contribution < -0.4 is 0 Å². The molecule has 41 valence electrons. The third-order valence-electron chi connectivity index (χ3n) is 1.44. The van der Waals surface area contributed by atoms with Crippen molar-refractivity contribution >= 4 is 11.3 Å². The molecule has 1 unspecified atom stereocenters. The summed E-state index contributed by atoms with van der Waals surface area (Å²) < 4.78 is 0. The molecule has 8 heavy (non-hydrogen) atoms. The number of thiophene rings is 1. The van der Waals surface area contributed by atoms with Crippen LogP contribution in [0.25, 0.3) is 0 Å². The molecule has 1 aromatic heterocycles. The lowest BCUT2D eigenvalue weighted by Gasteiger charge is -1.82. The van der Waals surface area contributed by atoms with Crippen LogP contribution in [0.5, 0.6) is 0 Å². The largest absolute Gasteiger partial charge is 0.152 e. The molecule has 1 atom stereocenters. The maximum Gasteiger partial charge on any atom is -0.00583 e. The first-order valence-electron chi connectivity index (χ1n) is 2.82. The Bertz CT molecular complexity index is 161. The molecule has 0 amide bonds. The van der Waals surface area contributed by atoms with Crippen molar-refractivity contribution < 1.29 is 0 Å². The molecule has 1 aromatic rings. The highest BCUT2D eigenvalue weighted by molar-refractivity contribution is 7.08. The highest BCUT2D eigenvalue weighted by atomic mass is 32.1. The van der Waals surface area contributed by atoms with Gasteiger partial charge in [-0.1, -0.05) is 0 Å². The zero-order valence-electron chi connectivity index (χ0n) is 4.50. The summed E-state index contributed by atoms with van der Waals surface area (Å²) in [7, 11) is 0. The van der Waals surface area contributed by atoms with Crippen LogP contribution >= 0.6 is 11.3 Å². The van der Waals surface area contributed by atoms with Crippen molar-refractivity contribution in [2.45, 2.75) is 12.3 Å². The van der Waals surface area contributed by atoms with Gasteiger partial charge in [0.05, 0.1) is 0 Å². The average Bonchev–Trinajstić information content (AvgIpc) is 2.49. The molecule has 1 heteroatoms. The molecule has 1 heterocycles. The maximum absolute atomic E-state index is 2.34. The van der Waals surface area contributed by atoms with E-state index in [0.29, 0.717) is 0 Å². The summed E-state index contributed by atoms with van der Waals surface area (Å²) in [6, 6.07) is 2.21. The van der Waals surface area contributed by atoms with Crippen molar-refractivity contribution in [3.05, 3.63) is 28.8 Å². The third kappa shape index (κ3) is 0.671. The Kier molecular flexibility index (Phi) is 0.908. The van der Waals surface area contributed by atoms with Crippen LogP contribution in [0.1, 0.15) is 17.9 Å². The average molecular weight is 123 g/mol. The molecule has 1 radical (unpaired) electrons. The molecule has 1 aliphatic rings. The second-order valence-electron chi connectivity index (χ2n) is 2.13. The first-order chi connectivity index (χ1) is 3.97. The lowest BCUT2D eigenvalue weighted by molar-refractivity contribution is 1.18. The first-order valence-corrected chi connectivity index (χ1v) is 3.76. The quantitative estimate of drug-likeness (QED) is 0.538. The van der Waals surface area contributed by atoms with E-state index < -0.39 is 0 Å². The van der Waals surface area contributed by atoms with Crippen LogP contribution in [-0.2, 0) is 0 Å². The molecule has 0 spiro atoms. The van der Waals surface area contributed by atoms with E-state index >= 15 is 0 Å². The molecular weight excluding hydrogens is 116 g/mol. The standard InChI is InChI=1S/C7H7S/c1-2-6(1)7-3-4-8-5-7/h1,3-6H,2H2. The molecule has 0 N–H and O–H groups in total. The van der Waals surface area contributed by atoms with Gasteiger partial charge in [-0.2, -0.15) is 11.3 Å². The minimum Gasteiger partial charge on any atom is -0.152 e. The van der Waals surface area contributed by atoms with Crippen molar-refractivity contribution in [3.8, 4) is 0 Å². The fourth-order valence-electron chi connectivity index (χ4n) is 0.826. The predicted molar refractivity (Wildman–Crippen MR) is 36.0 cm³/mol. The molecule has 1 saturated carbocycles. The summed E-state index contributed by atoms with van der Waals surface area (Å²) in [5.41, 5.74) is 1.51. The van der Waals surface area contributed by atoms with E-state index in [1.165, 1.54) is 12.0 Å². The van der Waals surface area contributed by atoms with E-state index in [2.05, 4.69) is 23.2 Å². The lowest BCUT2D eigenvalue weighted by Crippen LogP contribution is -1.66. The van der Waals surface area contributed by atoms with Gasteiger partial charge < -0.3 is 0 Å². The summed E-state index contributed by atoms with van der Waals surface area (Å²) in [6.45, 7) is 0. The summed E-state index contributed by atoms with van der Waals surface area (Å²) in [5.74, 6) is 0.821. The van der Waals surface area contributed by atoms with E-state index in [1.54, 1.807) is 11.3 Å². The van der Waals surface area contributed by atoms with Crippen molar-refractivity contribution in [1.29, 1.82) is 0 Å². The van der Waals surface area contributed by atoms with Gasteiger partial charge in [0.25, 0.3) is 0 Å². The van der Waals surface area contributed by atoms with Crippen molar-refractivity contribution in [1.82, 2.24) is 0 Å². The number of rotatable bonds is 1. The van der Waals surface area contributed by atoms with Crippen LogP contribution in [0.15, 0.2) is 16.8 Å². The molecular formula is C7H7S. The predicted octanol–water partition coefficient (Wildman–Crippen LogP) is 2.44. The van der Waals surface area contributed by atoms with Crippen LogP contribution in [0.3, 0.4) is 0 Å². The normalized spacial score (nSPS) is 19.0. The van der Waals surface area contributed by atoms with Crippen LogP contribution in [0.4, 0.5) is 0 Å². The molecule has 1 fully saturated rings. The van der Waals surface area contributed by atoms with E-state index in [0.717, 1.165) is 5.92 Å². The third-order valence-corrected chi connectivity index (χ3v) is 2.14. The fraction of sp³-hybridized carbons (Fsp3) is 0.286. The second-order valence-corrected chi connectivity index (χ2v) is 2.91. The van der Waals surface area contributed by atoms with E-state index in [9.17, 15) is 0 Å². The lowest BCUT2D eigenvalue weighted by atomic mass is 10.2. The first kappa shape index (κ1) is 4.57. The summed E-state index contributed by atoms with van der Waals surface area (Å²) in [6.07, 6.45) is 3.64. The van der Waals surface area contributed by atoms with Gasteiger partial charge in [-0.25, -0.2) is 0 Å². The van der Waals surface area contributed by atoms with Crippen LogP contribution in [0.2, 0.25) is 0 Å². The van der Waals surface area contributed by atoms with Crippen molar-refractivity contribution in [2.24, 2.45) is 0 Å². The molecule has 0 aromatic carbocycles. The van der Waals surface area contributed by atoms with Crippen molar-refractivity contribution in [3.63, 3.8) is 0 Å². The van der Waals surface area contributed by atoms with Gasteiger partial charge in [-0.3, -0.25) is 0 Å². The molecule has 0 nitrogen and oxygen atoms in total. The minimum atomic E-state index is 0.821. The molecule has 0 aliphatic heterocycles. The molecule has 0 saturated heterocycles. The zero-order valence-corrected chi connectivity index (χ0v) is 5.32. The van der Waals surface area contributed by atoms with Gasteiger partial charge in [-0.15, -0.1) is 0 Å².